The van der Waals surface area contributed by atoms with E-state index in [1.54, 1.807) is 50.5 Å². The summed E-state index contributed by atoms with van der Waals surface area (Å²) in [5.41, 5.74) is 1.19. The Bertz CT molecular complexity index is 981. The molecular formula is C22H24N4O2. The van der Waals surface area contributed by atoms with Crippen molar-refractivity contribution < 1.29 is 9.59 Å². The van der Waals surface area contributed by atoms with Crippen LogP contribution in [0.3, 0.4) is 0 Å². The van der Waals surface area contributed by atoms with Crippen LogP contribution in [0, 0.1) is 5.41 Å². The zero-order chi connectivity index (χ0) is 20.1. The van der Waals surface area contributed by atoms with Crippen molar-refractivity contribution in [2.75, 3.05) is 18.9 Å². The average molecular weight is 376 g/mol. The van der Waals surface area contributed by atoms with E-state index in [-0.39, 0.29) is 11.8 Å². The van der Waals surface area contributed by atoms with Crippen molar-refractivity contribution >= 4 is 28.4 Å². The molecule has 28 heavy (non-hydrogen) atoms. The largest absolute Gasteiger partial charge is 0.345 e. The van der Waals surface area contributed by atoms with Crippen LogP contribution >= 0.6 is 0 Å². The molecule has 0 atom stereocenters. The maximum absolute atomic E-state index is 12.9. The molecule has 0 aliphatic heterocycles. The highest BCUT2D eigenvalue weighted by atomic mass is 16.2. The minimum atomic E-state index is -1.20. The molecule has 2 amide bonds. The number of anilines is 1. The number of hydrogen-bond donors (Lipinski definition) is 1. The Morgan fingerprint density at radius 3 is 2.50 bits per heavy atom. The summed E-state index contributed by atoms with van der Waals surface area (Å²) in [5.74, 6) is -0.585. The van der Waals surface area contributed by atoms with E-state index in [4.69, 9.17) is 0 Å². The van der Waals surface area contributed by atoms with Gasteiger partial charge in [0.25, 0.3) is 0 Å². The van der Waals surface area contributed by atoms with E-state index in [9.17, 15) is 9.59 Å². The van der Waals surface area contributed by atoms with Gasteiger partial charge in [-0.05, 0) is 50.1 Å². The number of para-hydroxylation sites is 1. The van der Waals surface area contributed by atoms with Gasteiger partial charge in [0.1, 0.15) is 5.41 Å². The maximum Gasteiger partial charge on any atom is 0.239 e. The molecule has 144 valence electrons. The third-order valence-corrected chi connectivity index (χ3v) is 4.82. The first-order valence-corrected chi connectivity index (χ1v) is 9.19. The molecule has 0 spiro atoms. The van der Waals surface area contributed by atoms with Crippen LogP contribution in [0.4, 0.5) is 5.69 Å². The highest BCUT2D eigenvalue weighted by Crippen LogP contribution is 2.25. The first-order valence-electron chi connectivity index (χ1n) is 9.19. The normalized spacial score (nSPS) is 11.2. The average Bonchev–Trinajstić information content (AvgIpc) is 2.72. The molecule has 1 N–H and O–H groups in total. The lowest BCUT2D eigenvalue weighted by Gasteiger charge is -2.28. The van der Waals surface area contributed by atoms with Crippen LogP contribution in [-0.4, -0.2) is 40.3 Å². The molecule has 0 bridgehead atoms. The molecule has 0 aliphatic carbocycles. The summed E-state index contributed by atoms with van der Waals surface area (Å²) in [6.45, 7) is 3.81. The number of aromatic nitrogens is 2. The second-order valence-corrected chi connectivity index (χ2v) is 7.29. The third-order valence-electron chi connectivity index (χ3n) is 4.82. The van der Waals surface area contributed by atoms with E-state index in [0.29, 0.717) is 24.2 Å². The van der Waals surface area contributed by atoms with Crippen LogP contribution in [0.1, 0.15) is 19.4 Å². The number of carbonyl (C=O) groups is 2. The summed E-state index contributed by atoms with van der Waals surface area (Å²) in [6, 6.07) is 13.2. The van der Waals surface area contributed by atoms with Gasteiger partial charge >= 0.3 is 0 Å². The molecule has 0 radical (unpaired) electrons. The lowest BCUT2D eigenvalue weighted by atomic mass is 9.90. The number of hydrogen-bond acceptors (Lipinski definition) is 4. The number of benzene rings is 1. The van der Waals surface area contributed by atoms with Crippen molar-refractivity contribution in [2.24, 2.45) is 5.41 Å². The first kappa shape index (κ1) is 19.5. The monoisotopic (exact) mass is 376 g/mol. The standard InChI is InChI=1S/C22H24N4O2/c1-22(2,21(28)26(3)15-11-16-9-13-23-14-10-16)20(27)25-18-8-4-6-17-7-5-12-24-19(17)18/h4-10,12-14H,11,15H2,1-3H3,(H,25,27). The van der Waals surface area contributed by atoms with Gasteiger partial charge in [-0.15, -0.1) is 0 Å². The summed E-state index contributed by atoms with van der Waals surface area (Å²) in [6.07, 6.45) is 5.84. The fourth-order valence-corrected chi connectivity index (χ4v) is 3.01. The molecule has 2 heterocycles. The molecule has 3 aromatic rings. The van der Waals surface area contributed by atoms with Crippen molar-refractivity contribution in [2.45, 2.75) is 20.3 Å². The molecule has 0 fully saturated rings. The van der Waals surface area contributed by atoms with Crippen molar-refractivity contribution in [1.82, 2.24) is 14.9 Å². The number of fused-ring (bicyclic) bond motifs is 1. The minimum Gasteiger partial charge on any atom is -0.345 e. The van der Waals surface area contributed by atoms with Crippen molar-refractivity contribution in [3.63, 3.8) is 0 Å². The number of carbonyl (C=O) groups excluding carboxylic acids is 2. The van der Waals surface area contributed by atoms with Crippen molar-refractivity contribution in [3.05, 3.63) is 66.6 Å². The molecule has 0 saturated heterocycles. The summed E-state index contributed by atoms with van der Waals surface area (Å²) < 4.78 is 0. The Balaban J connectivity index is 1.69. The van der Waals surface area contributed by atoms with E-state index in [1.165, 1.54) is 0 Å². The molecule has 3 rings (SSSR count). The molecule has 6 nitrogen and oxygen atoms in total. The topological polar surface area (TPSA) is 75.2 Å². The number of nitrogens with one attached hydrogen (secondary N) is 1. The number of nitrogens with zero attached hydrogens (tertiary/aromatic N) is 3. The van der Waals surface area contributed by atoms with E-state index in [2.05, 4.69) is 15.3 Å². The SMILES string of the molecule is CN(CCc1ccncc1)C(=O)C(C)(C)C(=O)Nc1cccc2cccnc12. The molecule has 0 saturated carbocycles. The van der Waals surface area contributed by atoms with Gasteiger partial charge in [-0.3, -0.25) is 19.6 Å². The van der Waals surface area contributed by atoms with Gasteiger partial charge in [-0.25, -0.2) is 0 Å². The van der Waals surface area contributed by atoms with Crippen LogP contribution in [0.15, 0.2) is 61.1 Å². The predicted molar refractivity (Wildman–Crippen MR) is 110 cm³/mol. The lowest BCUT2D eigenvalue weighted by molar-refractivity contribution is -0.145. The third kappa shape index (κ3) is 4.17. The van der Waals surface area contributed by atoms with Gasteiger partial charge in [0.05, 0.1) is 11.2 Å². The highest BCUT2D eigenvalue weighted by Gasteiger charge is 2.38. The quantitative estimate of drug-likeness (QED) is 0.670. The highest BCUT2D eigenvalue weighted by molar-refractivity contribution is 6.12. The molecule has 0 unspecified atom stereocenters. The zero-order valence-corrected chi connectivity index (χ0v) is 16.3. The maximum atomic E-state index is 12.9. The fourth-order valence-electron chi connectivity index (χ4n) is 3.01. The predicted octanol–water partition coefficient (Wildman–Crippen LogP) is 3.30. The summed E-state index contributed by atoms with van der Waals surface area (Å²) >= 11 is 0. The second-order valence-electron chi connectivity index (χ2n) is 7.29. The van der Waals surface area contributed by atoms with Gasteiger partial charge in [0, 0.05) is 37.6 Å². The molecule has 1 aromatic carbocycles. The first-order chi connectivity index (χ1) is 13.4. The van der Waals surface area contributed by atoms with Crippen LogP contribution in [-0.2, 0) is 16.0 Å². The Hall–Kier alpha value is -3.28. The van der Waals surface area contributed by atoms with Gasteiger partial charge in [-0.2, -0.15) is 0 Å². The van der Waals surface area contributed by atoms with Crippen LogP contribution in [0.2, 0.25) is 0 Å². The second kappa shape index (κ2) is 8.17. The van der Waals surface area contributed by atoms with Gasteiger partial charge in [0.15, 0.2) is 0 Å². The summed E-state index contributed by atoms with van der Waals surface area (Å²) in [5, 5.41) is 3.81. The van der Waals surface area contributed by atoms with Crippen molar-refractivity contribution in [3.8, 4) is 0 Å². The lowest BCUT2D eigenvalue weighted by Crippen LogP contribution is -2.46. The Labute approximate surface area is 164 Å². The molecule has 0 aliphatic rings. The Morgan fingerprint density at radius 2 is 1.75 bits per heavy atom. The summed E-state index contributed by atoms with van der Waals surface area (Å²) in [7, 11) is 1.72. The van der Waals surface area contributed by atoms with Gasteiger partial charge < -0.3 is 10.2 Å². The summed E-state index contributed by atoms with van der Waals surface area (Å²) in [4.78, 5) is 35.8. The number of pyridine rings is 2. The van der Waals surface area contributed by atoms with Crippen LogP contribution < -0.4 is 5.32 Å². The smallest absolute Gasteiger partial charge is 0.239 e. The number of rotatable bonds is 6. The van der Waals surface area contributed by atoms with Gasteiger partial charge in [-0.1, -0.05) is 18.2 Å². The molecular weight excluding hydrogens is 352 g/mol. The van der Waals surface area contributed by atoms with Gasteiger partial charge in [0.2, 0.25) is 11.8 Å². The van der Waals surface area contributed by atoms with E-state index < -0.39 is 5.41 Å². The van der Waals surface area contributed by atoms with Crippen LogP contribution in [0.25, 0.3) is 10.9 Å². The van der Waals surface area contributed by atoms with E-state index in [1.807, 2.05) is 36.4 Å². The molecule has 6 heteroatoms. The minimum absolute atomic E-state index is 0.229. The Morgan fingerprint density at radius 1 is 1.04 bits per heavy atom. The van der Waals surface area contributed by atoms with E-state index in [0.717, 1.165) is 10.9 Å². The molecule has 2 aromatic heterocycles. The number of likely N-dealkylation sites (N-methyl/N-ethyl adjacent to an activating group) is 1. The zero-order valence-electron chi connectivity index (χ0n) is 16.3. The van der Waals surface area contributed by atoms with E-state index >= 15 is 0 Å². The van der Waals surface area contributed by atoms with Crippen LogP contribution in [0.5, 0.6) is 0 Å². The van der Waals surface area contributed by atoms with Crippen molar-refractivity contribution in [1.29, 1.82) is 0 Å². The Kier molecular flexibility index (Phi) is 5.68. The number of amides is 2. The fraction of sp³-hybridized carbons (Fsp3) is 0.273.